The third kappa shape index (κ3) is 2.79. The number of morpholine rings is 1. The second-order valence-electron chi connectivity index (χ2n) is 4.75. The molecule has 1 aliphatic heterocycles. The molecule has 100 valence electrons. The molecule has 0 amide bonds. The fraction of sp³-hybridized carbons (Fsp3) is 0.571. The Morgan fingerprint density at radius 3 is 3.06 bits per heavy atom. The molecule has 1 heterocycles. The predicted molar refractivity (Wildman–Crippen MR) is 73.1 cm³/mol. The number of hydrogen-bond acceptors (Lipinski definition) is 3. The second kappa shape index (κ2) is 5.91. The summed E-state index contributed by atoms with van der Waals surface area (Å²) in [6, 6.07) is 5.79. The second-order valence-corrected chi connectivity index (χ2v) is 5.19. The summed E-state index contributed by atoms with van der Waals surface area (Å²) >= 11 is 6.02. The van der Waals surface area contributed by atoms with E-state index in [9.17, 15) is 5.11 Å². The van der Waals surface area contributed by atoms with E-state index in [1.54, 1.807) is 12.1 Å². The first-order chi connectivity index (χ1) is 8.63. The van der Waals surface area contributed by atoms with Gasteiger partial charge in [0.2, 0.25) is 0 Å². The lowest BCUT2D eigenvalue weighted by molar-refractivity contribution is -0.0276. The minimum absolute atomic E-state index is 0.151. The van der Waals surface area contributed by atoms with Crippen LogP contribution in [-0.4, -0.2) is 35.8 Å². The third-order valence-corrected chi connectivity index (χ3v) is 3.92. The zero-order chi connectivity index (χ0) is 13.1. The van der Waals surface area contributed by atoms with Gasteiger partial charge in [-0.25, -0.2) is 0 Å². The van der Waals surface area contributed by atoms with Gasteiger partial charge in [-0.15, -0.1) is 0 Å². The van der Waals surface area contributed by atoms with Crippen LogP contribution in [0.4, 0.5) is 0 Å². The van der Waals surface area contributed by atoms with Crippen LogP contribution in [0.1, 0.15) is 31.9 Å². The Kier molecular flexibility index (Phi) is 4.49. The van der Waals surface area contributed by atoms with E-state index in [1.807, 2.05) is 6.07 Å². The van der Waals surface area contributed by atoms with Crippen molar-refractivity contribution in [3.63, 3.8) is 0 Å². The number of ether oxygens (including phenoxy) is 1. The van der Waals surface area contributed by atoms with E-state index in [4.69, 9.17) is 16.3 Å². The normalized spacial score (nSPS) is 22.9. The van der Waals surface area contributed by atoms with Crippen LogP contribution in [0.15, 0.2) is 18.2 Å². The fourth-order valence-corrected chi connectivity index (χ4v) is 2.75. The van der Waals surface area contributed by atoms with Crippen LogP contribution < -0.4 is 0 Å². The van der Waals surface area contributed by atoms with Crippen LogP contribution >= 0.6 is 11.6 Å². The van der Waals surface area contributed by atoms with E-state index >= 15 is 0 Å². The van der Waals surface area contributed by atoms with Crippen LogP contribution in [0.25, 0.3) is 0 Å². The number of nitrogens with zero attached hydrogens (tertiary/aromatic N) is 1. The summed E-state index contributed by atoms with van der Waals surface area (Å²) in [6.45, 7) is 6.69. The Morgan fingerprint density at radius 2 is 2.33 bits per heavy atom. The zero-order valence-corrected chi connectivity index (χ0v) is 11.7. The highest BCUT2D eigenvalue weighted by atomic mass is 35.5. The monoisotopic (exact) mass is 269 g/mol. The lowest BCUT2D eigenvalue weighted by Gasteiger charge is -2.39. The summed E-state index contributed by atoms with van der Waals surface area (Å²) < 4.78 is 5.51. The predicted octanol–water partition coefficient (Wildman–Crippen LogP) is 3.22. The summed E-state index contributed by atoms with van der Waals surface area (Å²) in [5.41, 5.74) is 0.892. The number of hydrogen-bond donors (Lipinski definition) is 1. The molecule has 0 aliphatic carbocycles. The minimum Gasteiger partial charge on any atom is -0.508 e. The highest BCUT2D eigenvalue weighted by Gasteiger charge is 2.27. The van der Waals surface area contributed by atoms with Gasteiger partial charge in [0.1, 0.15) is 5.75 Å². The lowest BCUT2D eigenvalue weighted by atomic mass is 10.0. The van der Waals surface area contributed by atoms with Crippen LogP contribution in [0.5, 0.6) is 5.75 Å². The van der Waals surface area contributed by atoms with Crippen molar-refractivity contribution < 1.29 is 9.84 Å². The smallest absolute Gasteiger partial charge is 0.120 e. The third-order valence-electron chi connectivity index (χ3n) is 3.68. The quantitative estimate of drug-likeness (QED) is 0.915. The van der Waals surface area contributed by atoms with Crippen molar-refractivity contribution in [3.05, 3.63) is 28.8 Å². The fourth-order valence-electron chi connectivity index (χ4n) is 2.57. The summed E-state index contributed by atoms with van der Waals surface area (Å²) in [5, 5.41) is 10.6. The molecule has 1 aromatic carbocycles. The van der Waals surface area contributed by atoms with E-state index in [2.05, 4.69) is 18.7 Å². The Labute approximate surface area is 113 Å². The SMILES string of the molecule is CCC1COCCN1C(C)c1cc(Cl)ccc1O. The Hall–Kier alpha value is -0.770. The van der Waals surface area contributed by atoms with Gasteiger partial charge >= 0.3 is 0 Å². The van der Waals surface area contributed by atoms with Crippen LogP contribution in [0, 0.1) is 0 Å². The number of phenolic OH excluding ortho intramolecular Hbond substituents is 1. The van der Waals surface area contributed by atoms with Gasteiger partial charge in [0.25, 0.3) is 0 Å². The molecule has 0 aromatic heterocycles. The van der Waals surface area contributed by atoms with E-state index in [0.29, 0.717) is 16.8 Å². The van der Waals surface area contributed by atoms with Crippen LogP contribution in [0.3, 0.4) is 0 Å². The van der Waals surface area contributed by atoms with Crippen molar-refractivity contribution in [2.45, 2.75) is 32.4 Å². The van der Waals surface area contributed by atoms with Gasteiger partial charge in [0, 0.05) is 29.2 Å². The molecule has 0 bridgehead atoms. The first-order valence-electron chi connectivity index (χ1n) is 6.45. The van der Waals surface area contributed by atoms with E-state index in [-0.39, 0.29) is 6.04 Å². The highest BCUT2D eigenvalue weighted by Crippen LogP contribution is 2.33. The average molecular weight is 270 g/mol. The van der Waals surface area contributed by atoms with Crippen molar-refractivity contribution in [3.8, 4) is 5.75 Å². The first kappa shape index (κ1) is 13.7. The molecule has 2 unspecified atom stereocenters. The summed E-state index contributed by atoms with van der Waals surface area (Å²) in [4.78, 5) is 2.38. The lowest BCUT2D eigenvalue weighted by Crippen LogP contribution is -2.46. The maximum atomic E-state index is 9.98. The van der Waals surface area contributed by atoms with Crippen LogP contribution in [0.2, 0.25) is 5.02 Å². The van der Waals surface area contributed by atoms with E-state index in [0.717, 1.165) is 31.7 Å². The molecule has 0 radical (unpaired) electrons. The van der Waals surface area contributed by atoms with Gasteiger partial charge < -0.3 is 9.84 Å². The minimum atomic E-state index is 0.151. The zero-order valence-electron chi connectivity index (χ0n) is 10.9. The standard InChI is InChI=1S/C14H20ClNO2/c1-3-12-9-18-7-6-16(12)10(2)13-8-11(15)4-5-14(13)17/h4-5,8,10,12,17H,3,6-7,9H2,1-2H3. The maximum absolute atomic E-state index is 9.98. The van der Waals surface area contributed by atoms with Gasteiger partial charge in [0.05, 0.1) is 13.2 Å². The largest absolute Gasteiger partial charge is 0.508 e. The molecule has 2 rings (SSSR count). The number of halogens is 1. The van der Waals surface area contributed by atoms with Gasteiger partial charge in [0.15, 0.2) is 0 Å². The summed E-state index contributed by atoms with van der Waals surface area (Å²) in [5.74, 6) is 0.313. The maximum Gasteiger partial charge on any atom is 0.120 e. The Morgan fingerprint density at radius 1 is 1.56 bits per heavy atom. The highest BCUT2D eigenvalue weighted by molar-refractivity contribution is 6.30. The van der Waals surface area contributed by atoms with Crippen molar-refractivity contribution >= 4 is 11.6 Å². The molecule has 1 aromatic rings. The first-order valence-corrected chi connectivity index (χ1v) is 6.83. The van der Waals surface area contributed by atoms with Crippen molar-refractivity contribution in [2.75, 3.05) is 19.8 Å². The molecule has 1 fully saturated rings. The van der Waals surface area contributed by atoms with Gasteiger partial charge in [-0.3, -0.25) is 4.90 Å². The molecule has 2 atom stereocenters. The number of aromatic hydroxyl groups is 1. The molecular weight excluding hydrogens is 250 g/mol. The summed E-state index contributed by atoms with van der Waals surface area (Å²) in [6.07, 6.45) is 1.05. The van der Waals surface area contributed by atoms with E-state index in [1.165, 1.54) is 0 Å². The van der Waals surface area contributed by atoms with Gasteiger partial charge in [-0.1, -0.05) is 18.5 Å². The molecule has 0 spiro atoms. The molecule has 1 saturated heterocycles. The van der Waals surface area contributed by atoms with Crippen LogP contribution in [-0.2, 0) is 4.74 Å². The summed E-state index contributed by atoms with van der Waals surface area (Å²) in [7, 11) is 0. The molecule has 0 saturated carbocycles. The molecule has 1 aliphatic rings. The molecule has 18 heavy (non-hydrogen) atoms. The molecule has 4 heteroatoms. The van der Waals surface area contributed by atoms with Gasteiger partial charge in [-0.2, -0.15) is 0 Å². The van der Waals surface area contributed by atoms with Crippen molar-refractivity contribution in [1.29, 1.82) is 0 Å². The molecular formula is C14H20ClNO2. The Balaban J connectivity index is 2.23. The van der Waals surface area contributed by atoms with Crippen molar-refractivity contribution in [1.82, 2.24) is 4.90 Å². The molecule has 1 N–H and O–H groups in total. The topological polar surface area (TPSA) is 32.7 Å². The number of rotatable bonds is 3. The number of phenols is 1. The van der Waals surface area contributed by atoms with Gasteiger partial charge in [-0.05, 0) is 31.5 Å². The number of benzene rings is 1. The van der Waals surface area contributed by atoms with Crippen molar-refractivity contribution in [2.24, 2.45) is 0 Å². The molecule has 3 nitrogen and oxygen atoms in total. The average Bonchev–Trinajstić information content (AvgIpc) is 2.40. The van der Waals surface area contributed by atoms with E-state index < -0.39 is 0 Å². The Bertz CT molecular complexity index is 411.